The van der Waals surface area contributed by atoms with Gasteiger partial charge in [0.2, 0.25) is 0 Å². The van der Waals surface area contributed by atoms with Gasteiger partial charge in [-0.2, -0.15) is 5.26 Å². The fourth-order valence-corrected chi connectivity index (χ4v) is 2.49. The van der Waals surface area contributed by atoms with Gasteiger partial charge >= 0.3 is 0 Å². The molecule has 0 radical (unpaired) electrons. The van der Waals surface area contributed by atoms with Crippen LogP contribution in [0.2, 0.25) is 0 Å². The van der Waals surface area contributed by atoms with Gasteiger partial charge in [0.25, 0.3) is 5.91 Å². The number of amides is 1. The number of benzene rings is 3. The lowest BCUT2D eigenvalue weighted by molar-refractivity contribution is -0.111. The van der Waals surface area contributed by atoms with Gasteiger partial charge in [-0.3, -0.25) is 4.79 Å². The van der Waals surface area contributed by atoms with Gasteiger partial charge in [-0.25, -0.2) is 0 Å². The summed E-state index contributed by atoms with van der Waals surface area (Å²) in [6, 6.07) is 28.2. The molecule has 3 rings (SSSR count). The number of nitrogens with zero attached hydrogens (tertiary/aromatic N) is 1. The quantitative estimate of drug-likeness (QED) is 0.557. The van der Waals surface area contributed by atoms with Gasteiger partial charge in [0.15, 0.2) is 0 Å². The number of rotatable bonds is 4. The fourth-order valence-electron chi connectivity index (χ4n) is 2.49. The number of nitriles is 1. The van der Waals surface area contributed by atoms with Gasteiger partial charge in [0, 0.05) is 5.57 Å². The Morgan fingerprint density at radius 2 is 1.44 bits per heavy atom. The predicted molar refractivity (Wildman–Crippen MR) is 101 cm³/mol. The molecule has 1 amide bonds. The zero-order valence-electron chi connectivity index (χ0n) is 13.5. The lowest BCUT2D eigenvalue weighted by atomic mass is 10.0. The zero-order chi connectivity index (χ0) is 17.5. The topological polar surface area (TPSA) is 52.9 Å². The van der Waals surface area contributed by atoms with Gasteiger partial charge in [-0.1, -0.05) is 72.8 Å². The van der Waals surface area contributed by atoms with E-state index in [9.17, 15) is 10.1 Å². The number of hydrogen-bond acceptors (Lipinski definition) is 2. The SMILES string of the molecule is N#Cc1ccccc1NC(=O)C(=Cc1ccccc1)c1ccccc1. The highest BCUT2D eigenvalue weighted by atomic mass is 16.1. The van der Waals surface area contributed by atoms with E-state index in [2.05, 4.69) is 11.4 Å². The van der Waals surface area contributed by atoms with Gasteiger partial charge < -0.3 is 5.32 Å². The first kappa shape index (κ1) is 16.2. The molecule has 3 aromatic carbocycles. The Balaban J connectivity index is 1.99. The molecule has 120 valence electrons. The molecule has 0 aliphatic carbocycles. The van der Waals surface area contributed by atoms with E-state index in [1.165, 1.54) is 0 Å². The molecule has 0 saturated heterocycles. The minimum atomic E-state index is -0.252. The number of hydrogen-bond donors (Lipinski definition) is 1. The Bertz CT molecular complexity index is 939. The van der Waals surface area contributed by atoms with Crippen LogP contribution in [0.4, 0.5) is 5.69 Å². The first-order valence-electron chi connectivity index (χ1n) is 7.90. The lowest BCUT2D eigenvalue weighted by Crippen LogP contribution is -2.14. The predicted octanol–water partition coefficient (Wildman–Crippen LogP) is 4.74. The third-order valence-corrected chi connectivity index (χ3v) is 3.74. The maximum atomic E-state index is 12.9. The summed E-state index contributed by atoms with van der Waals surface area (Å²) in [5.41, 5.74) is 3.23. The van der Waals surface area contributed by atoms with E-state index < -0.39 is 0 Å². The molecular weight excluding hydrogens is 308 g/mol. The number of anilines is 1. The Morgan fingerprint density at radius 3 is 2.12 bits per heavy atom. The summed E-state index contributed by atoms with van der Waals surface area (Å²) >= 11 is 0. The third kappa shape index (κ3) is 4.01. The van der Waals surface area contributed by atoms with E-state index in [1.54, 1.807) is 24.3 Å². The van der Waals surface area contributed by atoms with Gasteiger partial charge in [0.05, 0.1) is 11.3 Å². The molecule has 3 heteroatoms. The molecule has 3 nitrogen and oxygen atoms in total. The highest BCUT2D eigenvalue weighted by Crippen LogP contribution is 2.22. The second kappa shape index (κ2) is 7.76. The molecule has 1 N–H and O–H groups in total. The highest BCUT2D eigenvalue weighted by Gasteiger charge is 2.14. The summed E-state index contributed by atoms with van der Waals surface area (Å²) in [6.07, 6.45) is 1.85. The van der Waals surface area contributed by atoms with E-state index in [0.717, 1.165) is 11.1 Å². The van der Waals surface area contributed by atoms with E-state index in [0.29, 0.717) is 16.8 Å². The molecule has 0 aromatic heterocycles. The molecule has 0 unspecified atom stereocenters. The second-order valence-electron chi connectivity index (χ2n) is 5.45. The number of nitrogens with one attached hydrogen (secondary N) is 1. The maximum Gasteiger partial charge on any atom is 0.256 e. The fraction of sp³-hybridized carbons (Fsp3) is 0. The normalized spacial score (nSPS) is 10.8. The molecule has 0 heterocycles. The minimum Gasteiger partial charge on any atom is -0.321 e. The molecule has 3 aromatic rings. The molecule has 0 aliphatic rings. The summed E-state index contributed by atoms with van der Waals surface area (Å²) in [5.74, 6) is -0.252. The molecule has 0 spiro atoms. The van der Waals surface area contributed by atoms with Crippen molar-refractivity contribution in [3.8, 4) is 6.07 Å². The highest BCUT2D eigenvalue weighted by molar-refractivity contribution is 6.29. The maximum absolute atomic E-state index is 12.9. The molecule has 0 aliphatic heterocycles. The van der Waals surface area contributed by atoms with Crippen molar-refractivity contribution < 1.29 is 4.79 Å². The largest absolute Gasteiger partial charge is 0.321 e. The van der Waals surface area contributed by atoms with Crippen molar-refractivity contribution in [1.82, 2.24) is 0 Å². The van der Waals surface area contributed by atoms with Crippen molar-refractivity contribution in [1.29, 1.82) is 5.26 Å². The van der Waals surface area contributed by atoms with Crippen LogP contribution in [0.15, 0.2) is 84.9 Å². The van der Waals surface area contributed by atoms with Crippen LogP contribution in [0.1, 0.15) is 16.7 Å². The third-order valence-electron chi connectivity index (χ3n) is 3.74. The van der Waals surface area contributed by atoms with Crippen LogP contribution in [0.5, 0.6) is 0 Å². The van der Waals surface area contributed by atoms with E-state index in [-0.39, 0.29) is 5.91 Å². The van der Waals surface area contributed by atoms with Gasteiger partial charge in [0.1, 0.15) is 6.07 Å². The van der Waals surface area contributed by atoms with Crippen molar-refractivity contribution >= 4 is 23.2 Å². The van der Waals surface area contributed by atoms with Crippen LogP contribution >= 0.6 is 0 Å². The first-order chi connectivity index (χ1) is 12.3. The van der Waals surface area contributed by atoms with Gasteiger partial charge in [-0.15, -0.1) is 0 Å². The van der Waals surface area contributed by atoms with Crippen LogP contribution in [0.3, 0.4) is 0 Å². The van der Waals surface area contributed by atoms with E-state index in [4.69, 9.17) is 0 Å². The Hall–Kier alpha value is -3.64. The standard InChI is InChI=1S/C22H16N2O/c23-16-19-13-7-8-14-21(19)24-22(25)20(18-11-5-2-6-12-18)15-17-9-3-1-4-10-17/h1-15H,(H,24,25). The van der Waals surface area contributed by atoms with Gasteiger partial charge in [-0.05, 0) is 29.3 Å². The van der Waals surface area contributed by atoms with Crippen LogP contribution in [0.25, 0.3) is 11.6 Å². The van der Waals surface area contributed by atoms with Crippen LogP contribution in [-0.4, -0.2) is 5.91 Å². The Morgan fingerprint density at radius 1 is 0.840 bits per heavy atom. The summed E-state index contributed by atoms with van der Waals surface area (Å²) in [5, 5.41) is 12.1. The van der Waals surface area contributed by atoms with E-state index in [1.807, 2.05) is 66.7 Å². The van der Waals surface area contributed by atoms with Crippen molar-refractivity contribution in [2.24, 2.45) is 0 Å². The molecule has 0 bridgehead atoms. The smallest absolute Gasteiger partial charge is 0.256 e. The second-order valence-corrected chi connectivity index (χ2v) is 5.45. The van der Waals surface area contributed by atoms with Crippen molar-refractivity contribution in [3.63, 3.8) is 0 Å². The van der Waals surface area contributed by atoms with Crippen molar-refractivity contribution in [2.75, 3.05) is 5.32 Å². The van der Waals surface area contributed by atoms with Crippen LogP contribution < -0.4 is 5.32 Å². The molecule has 0 atom stereocenters. The number of para-hydroxylation sites is 1. The molecule has 25 heavy (non-hydrogen) atoms. The molecule has 0 fully saturated rings. The number of carbonyl (C=O) groups excluding carboxylic acids is 1. The minimum absolute atomic E-state index is 0.252. The molecule has 0 saturated carbocycles. The summed E-state index contributed by atoms with van der Waals surface area (Å²) in [4.78, 5) is 12.9. The Kier molecular flexibility index (Phi) is 5.04. The van der Waals surface area contributed by atoms with Crippen LogP contribution in [0, 0.1) is 11.3 Å². The average molecular weight is 324 g/mol. The summed E-state index contributed by atoms with van der Waals surface area (Å²) in [7, 11) is 0. The number of carbonyl (C=O) groups is 1. The van der Waals surface area contributed by atoms with Crippen LogP contribution in [-0.2, 0) is 4.79 Å². The van der Waals surface area contributed by atoms with Crippen molar-refractivity contribution in [2.45, 2.75) is 0 Å². The first-order valence-corrected chi connectivity index (χ1v) is 7.90. The zero-order valence-corrected chi connectivity index (χ0v) is 13.5. The Labute approximate surface area is 146 Å². The van der Waals surface area contributed by atoms with E-state index >= 15 is 0 Å². The average Bonchev–Trinajstić information content (AvgIpc) is 2.68. The monoisotopic (exact) mass is 324 g/mol. The van der Waals surface area contributed by atoms with Crippen molar-refractivity contribution in [3.05, 3.63) is 102 Å². The molecular formula is C22H16N2O. The summed E-state index contributed by atoms with van der Waals surface area (Å²) in [6.45, 7) is 0. The summed E-state index contributed by atoms with van der Waals surface area (Å²) < 4.78 is 0. The lowest BCUT2D eigenvalue weighted by Gasteiger charge is -2.11.